The topological polar surface area (TPSA) is 52.6 Å². The second-order valence-electron chi connectivity index (χ2n) is 14.7. The van der Waals surface area contributed by atoms with Gasteiger partial charge in [-0.1, -0.05) is 103 Å². The lowest BCUT2D eigenvalue weighted by Crippen LogP contribution is -2.62. The van der Waals surface area contributed by atoms with Crippen molar-refractivity contribution in [1.29, 1.82) is 0 Å². The molecule has 0 fully saturated rings. The van der Waals surface area contributed by atoms with E-state index in [0.29, 0.717) is 22.4 Å². The molecule has 0 radical (unpaired) electrons. The molecule has 1 aliphatic carbocycles. The number of halogens is 1. The molecule has 42 heavy (non-hydrogen) atoms. The van der Waals surface area contributed by atoms with Crippen LogP contribution < -0.4 is 8.85 Å². The summed E-state index contributed by atoms with van der Waals surface area (Å²) in [6.45, 7) is 19.1. The molecule has 2 aliphatic rings. The van der Waals surface area contributed by atoms with Crippen LogP contribution in [0.2, 0.25) is 10.1 Å². The highest BCUT2D eigenvalue weighted by molar-refractivity contribution is 9.10. The van der Waals surface area contributed by atoms with Gasteiger partial charge in [-0.15, -0.1) is 0 Å². The van der Waals surface area contributed by atoms with E-state index in [2.05, 4.69) is 75.7 Å². The number of carbonyl (C=O) groups excluding carboxylic acids is 2. The van der Waals surface area contributed by atoms with Gasteiger partial charge in [0.05, 0.1) is 0 Å². The third-order valence-electron chi connectivity index (χ3n) is 8.65. The Hall–Kier alpha value is -3.22. The molecule has 0 saturated carbocycles. The number of carbonyl (C=O) groups is 2. The van der Waals surface area contributed by atoms with Gasteiger partial charge < -0.3 is 8.85 Å². The first kappa shape index (κ1) is 28.9. The molecule has 6 heteroatoms. The van der Waals surface area contributed by atoms with E-state index in [9.17, 15) is 9.59 Å². The maximum absolute atomic E-state index is 14.4. The number of benzene rings is 4. The Kier molecular flexibility index (Phi) is 6.28. The first-order valence-corrected chi connectivity index (χ1v) is 17.1. The van der Waals surface area contributed by atoms with Gasteiger partial charge in [0.15, 0.2) is 11.6 Å². The standard InChI is InChI=1S/C36H37BrO4Si/c1-34(2,3)25-19-26(38)23-15-11-21-13-17-28-32(29(21)31(23)33(25)39)30-24-18-22(37)14-10-20(24)12-16-27(30)40-42(41-28,35(4,5)6)36(7,8)9/h10-19H,1-9H3. The van der Waals surface area contributed by atoms with Crippen molar-refractivity contribution in [2.75, 3.05) is 0 Å². The maximum atomic E-state index is 14.4. The highest BCUT2D eigenvalue weighted by Crippen LogP contribution is 2.58. The van der Waals surface area contributed by atoms with Crippen molar-refractivity contribution >= 4 is 57.6 Å². The normalized spacial score (nSPS) is 16.7. The fourth-order valence-electron chi connectivity index (χ4n) is 6.82. The predicted molar refractivity (Wildman–Crippen MR) is 177 cm³/mol. The largest absolute Gasteiger partial charge is 0.511 e. The molecular formula is C36H37BrO4Si. The summed E-state index contributed by atoms with van der Waals surface area (Å²) in [6.07, 6.45) is 1.52. The second kappa shape index (κ2) is 9.14. The quantitative estimate of drug-likeness (QED) is 0.179. The van der Waals surface area contributed by atoms with Crippen molar-refractivity contribution in [2.24, 2.45) is 5.41 Å². The van der Waals surface area contributed by atoms with Gasteiger partial charge in [-0.05, 0) is 58.0 Å². The number of fused-ring (bicyclic) bond motifs is 9. The highest BCUT2D eigenvalue weighted by atomic mass is 79.9. The molecule has 4 aromatic carbocycles. The van der Waals surface area contributed by atoms with Gasteiger partial charge in [-0.2, -0.15) is 0 Å². The molecule has 4 aromatic rings. The Bertz CT molecular complexity index is 1870. The van der Waals surface area contributed by atoms with Gasteiger partial charge >= 0.3 is 8.56 Å². The minimum atomic E-state index is -3.11. The van der Waals surface area contributed by atoms with Crippen molar-refractivity contribution in [1.82, 2.24) is 0 Å². The van der Waals surface area contributed by atoms with Crippen LogP contribution in [0.15, 0.2) is 70.7 Å². The van der Waals surface area contributed by atoms with Crippen molar-refractivity contribution in [3.8, 4) is 22.6 Å². The van der Waals surface area contributed by atoms with Crippen LogP contribution >= 0.6 is 15.9 Å². The van der Waals surface area contributed by atoms with Crippen LogP contribution in [0.4, 0.5) is 0 Å². The zero-order chi connectivity index (χ0) is 30.6. The summed E-state index contributed by atoms with van der Waals surface area (Å²) in [7, 11) is -3.11. The van der Waals surface area contributed by atoms with Crippen LogP contribution in [0, 0.1) is 5.41 Å². The average molecular weight is 642 g/mol. The van der Waals surface area contributed by atoms with Crippen molar-refractivity contribution in [3.05, 3.63) is 81.8 Å². The Balaban J connectivity index is 1.84. The van der Waals surface area contributed by atoms with Crippen LogP contribution in [0.1, 0.15) is 83.0 Å². The third-order valence-corrected chi connectivity index (χ3v) is 14.1. The summed E-state index contributed by atoms with van der Waals surface area (Å²) in [6, 6.07) is 18.1. The molecule has 0 N–H and O–H groups in total. The Morgan fingerprint density at radius 2 is 1.21 bits per heavy atom. The summed E-state index contributed by atoms with van der Waals surface area (Å²) in [5.74, 6) is 1.17. The lowest BCUT2D eigenvalue weighted by molar-refractivity contribution is 0.0968. The molecule has 0 amide bonds. The van der Waals surface area contributed by atoms with Crippen LogP contribution in [-0.4, -0.2) is 20.1 Å². The van der Waals surface area contributed by atoms with Crippen molar-refractivity contribution in [2.45, 2.75) is 72.4 Å². The fraction of sp³-hybridized carbons (Fsp3) is 0.333. The number of allylic oxidation sites excluding steroid dienone is 2. The smallest absolute Gasteiger partial charge is 0.471 e. The highest BCUT2D eigenvalue weighted by Gasteiger charge is 2.63. The van der Waals surface area contributed by atoms with E-state index in [1.165, 1.54) is 6.08 Å². The van der Waals surface area contributed by atoms with Gasteiger partial charge in [-0.3, -0.25) is 9.59 Å². The van der Waals surface area contributed by atoms with E-state index in [1.54, 1.807) is 6.07 Å². The minimum absolute atomic E-state index is 0.112. The molecule has 1 heterocycles. The zero-order valence-corrected chi connectivity index (χ0v) is 28.4. The summed E-state index contributed by atoms with van der Waals surface area (Å²) < 4.78 is 15.5. The molecule has 0 spiro atoms. The van der Waals surface area contributed by atoms with Gasteiger partial charge in [0, 0.05) is 47.8 Å². The molecule has 0 unspecified atom stereocenters. The second-order valence-corrected chi connectivity index (χ2v) is 20.2. The van der Waals surface area contributed by atoms with Crippen LogP contribution in [0.25, 0.3) is 32.7 Å². The Morgan fingerprint density at radius 3 is 1.81 bits per heavy atom. The minimum Gasteiger partial charge on any atom is -0.511 e. The Morgan fingerprint density at radius 1 is 0.667 bits per heavy atom. The fourth-order valence-corrected chi connectivity index (χ4v) is 11.7. The van der Waals surface area contributed by atoms with Gasteiger partial charge in [0.1, 0.15) is 11.5 Å². The van der Waals surface area contributed by atoms with E-state index in [0.717, 1.165) is 42.9 Å². The van der Waals surface area contributed by atoms with Crippen molar-refractivity contribution < 1.29 is 18.4 Å². The van der Waals surface area contributed by atoms with Crippen LogP contribution in [0.5, 0.6) is 11.5 Å². The van der Waals surface area contributed by atoms with E-state index in [-0.39, 0.29) is 21.6 Å². The SMILES string of the molecule is CC(C)(C)C1=CC(=O)c2ccc3ccc4c(c3c2C1=O)-c1c(ccc2ccc(Br)cc12)O[Si](C(C)(C)C)(C(C)(C)C)O4. The molecule has 0 saturated heterocycles. The van der Waals surface area contributed by atoms with Gasteiger partial charge in [-0.25, -0.2) is 0 Å². The molecule has 0 aromatic heterocycles. The van der Waals surface area contributed by atoms with E-state index < -0.39 is 14.0 Å². The lowest BCUT2D eigenvalue weighted by atomic mass is 9.74. The van der Waals surface area contributed by atoms with Gasteiger partial charge in [0.2, 0.25) is 0 Å². The number of Topliss-reactive ketones (excluding diaryl/α,β-unsaturated/α-hetero) is 1. The maximum Gasteiger partial charge on any atom is 0.471 e. The summed E-state index contributed by atoms with van der Waals surface area (Å²) in [4.78, 5) is 27.9. The third kappa shape index (κ3) is 4.13. The zero-order valence-electron chi connectivity index (χ0n) is 25.8. The molecule has 1 aliphatic heterocycles. The Labute approximate surface area is 257 Å². The molecule has 0 atom stereocenters. The summed E-state index contributed by atoms with van der Waals surface area (Å²) in [5, 5.41) is 3.04. The first-order valence-electron chi connectivity index (χ1n) is 14.5. The molecule has 216 valence electrons. The molecule has 4 nitrogen and oxygen atoms in total. The van der Waals surface area contributed by atoms with E-state index in [1.807, 2.05) is 51.1 Å². The van der Waals surface area contributed by atoms with Gasteiger partial charge in [0.25, 0.3) is 0 Å². The average Bonchev–Trinajstić information content (AvgIpc) is 3.04. The van der Waals surface area contributed by atoms with E-state index >= 15 is 0 Å². The number of hydrogen-bond donors (Lipinski definition) is 0. The van der Waals surface area contributed by atoms with E-state index in [4.69, 9.17) is 8.85 Å². The van der Waals surface area contributed by atoms with Crippen molar-refractivity contribution in [3.63, 3.8) is 0 Å². The molecular weight excluding hydrogens is 604 g/mol. The number of rotatable bonds is 0. The summed E-state index contributed by atoms with van der Waals surface area (Å²) in [5.41, 5.74) is 2.60. The number of hydrogen-bond acceptors (Lipinski definition) is 4. The first-order chi connectivity index (χ1) is 19.4. The summed E-state index contributed by atoms with van der Waals surface area (Å²) >= 11 is 3.69. The van der Waals surface area contributed by atoms with Crippen LogP contribution in [-0.2, 0) is 0 Å². The molecule has 0 bridgehead atoms. The molecule has 6 rings (SSSR count). The monoisotopic (exact) mass is 640 g/mol. The predicted octanol–water partition coefficient (Wildman–Crippen LogP) is 10.6. The number of ketones is 2. The lowest BCUT2D eigenvalue weighted by Gasteiger charge is -2.47. The van der Waals surface area contributed by atoms with Crippen LogP contribution in [0.3, 0.4) is 0 Å².